The highest BCUT2D eigenvalue weighted by Crippen LogP contribution is 2.20. The highest BCUT2D eigenvalue weighted by Gasteiger charge is 2.25. The molecule has 0 aliphatic carbocycles. The SMILES string of the molecule is CCCCNC(=O)[C@H](C)N(CCc1ccccc1)C(=O)CCSc1ccc(C)cc1. The lowest BCUT2D eigenvalue weighted by atomic mass is 10.1. The Morgan fingerprint density at radius 1 is 1.07 bits per heavy atom. The van der Waals surface area contributed by atoms with Crippen LogP contribution in [-0.2, 0) is 16.0 Å². The molecule has 5 heteroatoms. The van der Waals surface area contributed by atoms with Gasteiger partial charge in [-0.2, -0.15) is 0 Å². The van der Waals surface area contributed by atoms with Gasteiger partial charge in [0.05, 0.1) is 0 Å². The second-order valence-electron chi connectivity index (χ2n) is 7.55. The average Bonchev–Trinajstić information content (AvgIpc) is 2.76. The number of hydrogen-bond donors (Lipinski definition) is 1. The fourth-order valence-electron chi connectivity index (χ4n) is 3.14. The van der Waals surface area contributed by atoms with Gasteiger partial charge in [-0.25, -0.2) is 0 Å². The number of carbonyl (C=O) groups is 2. The molecule has 0 saturated heterocycles. The predicted octanol–water partition coefficient (Wildman–Crippen LogP) is 4.85. The number of aryl methyl sites for hydroxylation is 1. The molecule has 0 heterocycles. The van der Waals surface area contributed by atoms with Crippen molar-refractivity contribution in [3.63, 3.8) is 0 Å². The zero-order valence-corrected chi connectivity index (χ0v) is 19.2. The summed E-state index contributed by atoms with van der Waals surface area (Å²) >= 11 is 1.68. The van der Waals surface area contributed by atoms with Crippen molar-refractivity contribution in [2.75, 3.05) is 18.8 Å². The van der Waals surface area contributed by atoms with Gasteiger partial charge in [0, 0.05) is 30.2 Å². The van der Waals surface area contributed by atoms with Crippen LogP contribution < -0.4 is 5.32 Å². The zero-order valence-electron chi connectivity index (χ0n) is 18.4. The van der Waals surface area contributed by atoms with E-state index in [0.29, 0.717) is 25.3 Å². The number of carbonyl (C=O) groups excluding carboxylic acids is 2. The van der Waals surface area contributed by atoms with E-state index in [2.05, 4.69) is 55.6 Å². The van der Waals surface area contributed by atoms with E-state index >= 15 is 0 Å². The van der Waals surface area contributed by atoms with Gasteiger partial charge in [0.15, 0.2) is 0 Å². The normalized spacial score (nSPS) is 11.7. The summed E-state index contributed by atoms with van der Waals surface area (Å²) in [6.45, 7) is 7.19. The summed E-state index contributed by atoms with van der Waals surface area (Å²) in [5.41, 5.74) is 2.40. The first-order valence-electron chi connectivity index (χ1n) is 10.8. The molecule has 0 radical (unpaired) electrons. The highest BCUT2D eigenvalue weighted by molar-refractivity contribution is 7.99. The molecule has 0 aliphatic rings. The minimum atomic E-state index is -0.470. The Kier molecular flexibility index (Phi) is 10.5. The monoisotopic (exact) mass is 426 g/mol. The topological polar surface area (TPSA) is 49.4 Å². The van der Waals surface area contributed by atoms with Gasteiger partial charge in [-0.3, -0.25) is 9.59 Å². The first-order chi connectivity index (χ1) is 14.5. The lowest BCUT2D eigenvalue weighted by molar-refractivity contribution is -0.139. The molecular formula is C25H34N2O2S. The quantitative estimate of drug-likeness (QED) is 0.390. The maximum absolute atomic E-state index is 13.0. The van der Waals surface area contributed by atoms with Crippen molar-refractivity contribution in [1.29, 1.82) is 0 Å². The predicted molar refractivity (Wildman–Crippen MR) is 126 cm³/mol. The van der Waals surface area contributed by atoms with E-state index in [4.69, 9.17) is 0 Å². The molecule has 30 heavy (non-hydrogen) atoms. The molecule has 1 atom stereocenters. The Morgan fingerprint density at radius 2 is 1.77 bits per heavy atom. The lowest BCUT2D eigenvalue weighted by Gasteiger charge is -2.29. The number of thioether (sulfide) groups is 1. The van der Waals surface area contributed by atoms with Gasteiger partial charge >= 0.3 is 0 Å². The summed E-state index contributed by atoms with van der Waals surface area (Å²) in [7, 11) is 0. The van der Waals surface area contributed by atoms with Crippen LogP contribution in [0.2, 0.25) is 0 Å². The lowest BCUT2D eigenvalue weighted by Crippen LogP contribution is -2.49. The second-order valence-corrected chi connectivity index (χ2v) is 8.72. The van der Waals surface area contributed by atoms with Gasteiger partial charge in [-0.05, 0) is 44.4 Å². The van der Waals surface area contributed by atoms with Crippen LogP contribution in [0.15, 0.2) is 59.5 Å². The van der Waals surface area contributed by atoms with Crippen LogP contribution in [0.1, 0.15) is 44.2 Å². The van der Waals surface area contributed by atoms with E-state index in [1.165, 1.54) is 11.1 Å². The number of unbranched alkanes of at least 4 members (excludes halogenated alkanes) is 1. The molecule has 0 aromatic heterocycles. The van der Waals surface area contributed by atoms with E-state index in [-0.39, 0.29) is 11.8 Å². The summed E-state index contributed by atoms with van der Waals surface area (Å²) in [4.78, 5) is 28.5. The second kappa shape index (κ2) is 13.1. The van der Waals surface area contributed by atoms with Crippen LogP contribution in [0, 0.1) is 6.92 Å². The van der Waals surface area contributed by atoms with Crippen LogP contribution in [0.5, 0.6) is 0 Å². The molecule has 0 unspecified atom stereocenters. The standard InChI is InChI=1S/C25H34N2O2S/c1-4-5-17-26-25(29)21(3)27(18-15-22-9-7-6-8-10-22)24(28)16-19-30-23-13-11-20(2)12-14-23/h6-14,21H,4-5,15-19H2,1-3H3,(H,26,29)/t21-/m0/s1. The maximum Gasteiger partial charge on any atom is 0.242 e. The van der Waals surface area contributed by atoms with E-state index in [1.807, 2.05) is 25.1 Å². The minimum Gasteiger partial charge on any atom is -0.354 e. The number of nitrogens with one attached hydrogen (secondary N) is 1. The van der Waals surface area contributed by atoms with Crippen molar-refractivity contribution >= 4 is 23.6 Å². The third kappa shape index (κ3) is 8.23. The van der Waals surface area contributed by atoms with E-state index in [1.54, 1.807) is 16.7 Å². The molecule has 0 spiro atoms. The highest BCUT2D eigenvalue weighted by atomic mass is 32.2. The number of benzene rings is 2. The summed E-state index contributed by atoms with van der Waals surface area (Å²) in [6.07, 6.45) is 3.13. The summed E-state index contributed by atoms with van der Waals surface area (Å²) < 4.78 is 0. The van der Waals surface area contributed by atoms with Crippen LogP contribution in [0.25, 0.3) is 0 Å². The Bertz CT molecular complexity index is 777. The number of hydrogen-bond acceptors (Lipinski definition) is 3. The molecule has 162 valence electrons. The maximum atomic E-state index is 13.0. The van der Waals surface area contributed by atoms with E-state index < -0.39 is 6.04 Å². The molecule has 0 aliphatic heterocycles. The summed E-state index contributed by atoms with van der Waals surface area (Å²) in [6, 6.07) is 18.0. The Labute approximate surface area is 185 Å². The van der Waals surface area contributed by atoms with Crippen molar-refractivity contribution in [2.24, 2.45) is 0 Å². The van der Waals surface area contributed by atoms with E-state index in [9.17, 15) is 9.59 Å². The average molecular weight is 427 g/mol. The molecule has 2 aromatic rings. The summed E-state index contributed by atoms with van der Waals surface area (Å²) in [5.74, 6) is 0.660. The summed E-state index contributed by atoms with van der Waals surface area (Å²) in [5, 5.41) is 2.97. The number of rotatable bonds is 12. The van der Waals surface area contributed by atoms with Crippen LogP contribution in [0.4, 0.5) is 0 Å². The Morgan fingerprint density at radius 3 is 2.43 bits per heavy atom. The van der Waals surface area contributed by atoms with Crippen LogP contribution in [0.3, 0.4) is 0 Å². The van der Waals surface area contributed by atoms with Crippen LogP contribution in [-0.4, -0.2) is 41.6 Å². The van der Waals surface area contributed by atoms with Gasteiger partial charge in [0.2, 0.25) is 11.8 Å². The molecule has 1 N–H and O–H groups in total. The first-order valence-corrected chi connectivity index (χ1v) is 11.8. The fraction of sp³-hybridized carbons (Fsp3) is 0.440. The van der Waals surface area contributed by atoms with Crippen molar-refractivity contribution in [3.8, 4) is 0 Å². The van der Waals surface area contributed by atoms with Gasteiger partial charge in [-0.1, -0.05) is 61.4 Å². The van der Waals surface area contributed by atoms with Gasteiger partial charge < -0.3 is 10.2 Å². The van der Waals surface area contributed by atoms with Gasteiger partial charge in [-0.15, -0.1) is 11.8 Å². The van der Waals surface area contributed by atoms with Gasteiger partial charge in [0.25, 0.3) is 0 Å². The smallest absolute Gasteiger partial charge is 0.242 e. The largest absolute Gasteiger partial charge is 0.354 e. The molecule has 2 rings (SSSR count). The fourth-order valence-corrected chi connectivity index (χ4v) is 3.98. The number of nitrogens with zero attached hydrogens (tertiary/aromatic N) is 1. The van der Waals surface area contributed by atoms with Crippen molar-refractivity contribution < 1.29 is 9.59 Å². The Balaban J connectivity index is 1.96. The molecule has 2 amide bonds. The molecule has 4 nitrogen and oxygen atoms in total. The third-order valence-electron chi connectivity index (χ3n) is 5.09. The third-order valence-corrected chi connectivity index (χ3v) is 6.10. The molecule has 0 bridgehead atoms. The molecule has 2 aromatic carbocycles. The molecular weight excluding hydrogens is 392 g/mol. The van der Waals surface area contributed by atoms with Gasteiger partial charge in [0.1, 0.15) is 6.04 Å². The van der Waals surface area contributed by atoms with Crippen molar-refractivity contribution in [1.82, 2.24) is 10.2 Å². The van der Waals surface area contributed by atoms with E-state index in [0.717, 1.165) is 24.2 Å². The minimum absolute atomic E-state index is 0.0312. The van der Waals surface area contributed by atoms with Crippen molar-refractivity contribution in [3.05, 3.63) is 65.7 Å². The molecule has 0 saturated carbocycles. The Hall–Kier alpha value is -2.27. The molecule has 0 fully saturated rings. The zero-order chi connectivity index (χ0) is 21.8. The van der Waals surface area contributed by atoms with Crippen molar-refractivity contribution in [2.45, 2.75) is 57.4 Å². The number of amides is 2. The van der Waals surface area contributed by atoms with Crippen LogP contribution >= 0.6 is 11.8 Å². The first kappa shape index (κ1) is 24.0.